The number of fused-ring (bicyclic) bond motifs is 2. The lowest BCUT2D eigenvalue weighted by atomic mass is 9.87. The van der Waals surface area contributed by atoms with Gasteiger partial charge in [-0.05, 0) is 56.4 Å². The topological polar surface area (TPSA) is 64.5 Å². The summed E-state index contributed by atoms with van der Waals surface area (Å²) in [5.41, 5.74) is 9.07. The van der Waals surface area contributed by atoms with Gasteiger partial charge in [0, 0.05) is 34.6 Å². The van der Waals surface area contributed by atoms with Crippen LogP contribution in [0, 0.1) is 0 Å². The summed E-state index contributed by atoms with van der Waals surface area (Å²) in [6.07, 6.45) is 3.71. The van der Waals surface area contributed by atoms with Crippen molar-refractivity contribution in [2.24, 2.45) is 0 Å². The molecule has 0 atom stereocenters. The Bertz CT molecular complexity index is 2490. The lowest BCUT2D eigenvalue weighted by Crippen LogP contribution is -2.01. The summed E-state index contributed by atoms with van der Waals surface area (Å²) in [6.45, 7) is 0. The van der Waals surface area contributed by atoms with E-state index in [-0.39, 0.29) is 0 Å². The van der Waals surface area contributed by atoms with Gasteiger partial charge in [-0.3, -0.25) is 9.97 Å². The molecule has 3 heterocycles. The van der Waals surface area contributed by atoms with Gasteiger partial charge in [-0.15, -0.1) is 0 Å². The molecule has 0 aliphatic heterocycles. The predicted octanol–water partition coefficient (Wildman–Crippen LogP) is 11.0. The lowest BCUT2D eigenvalue weighted by molar-refractivity contribution is 1.08. The van der Waals surface area contributed by atoms with Crippen LogP contribution in [-0.2, 0) is 0 Å². The minimum Gasteiger partial charge on any atom is -0.255 e. The van der Waals surface area contributed by atoms with E-state index in [4.69, 9.17) is 19.9 Å². The Hall–Kier alpha value is -6.85. The average molecular weight is 640 g/mol. The van der Waals surface area contributed by atoms with Crippen LogP contribution in [0.15, 0.2) is 176 Å². The Balaban J connectivity index is 1.20. The molecule has 6 aromatic carbocycles. The SMILES string of the molecule is c1ccc(-c2nc(-c3ccccc3)nc(-c3c4ccccc4c(-c4ccc(-c5ccc(-c6ccccn6)nc5)cc4)c4ccccc34)n2)cc1. The third-order valence-corrected chi connectivity index (χ3v) is 9.05. The lowest BCUT2D eigenvalue weighted by Gasteiger charge is -2.18. The third kappa shape index (κ3) is 5.37. The van der Waals surface area contributed by atoms with Crippen molar-refractivity contribution < 1.29 is 0 Å². The van der Waals surface area contributed by atoms with E-state index in [1.165, 1.54) is 5.56 Å². The molecule has 50 heavy (non-hydrogen) atoms. The highest BCUT2D eigenvalue weighted by Crippen LogP contribution is 2.43. The molecule has 5 heteroatoms. The monoisotopic (exact) mass is 639 g/mol. The number of rotatable bonds is 6. The molecule has 0 radical (unpaired) electrons. The first-order valence-electron chi connectivity index (χ1n) is 16.6. The van der Waals surface area contributed by atoms with E-state index in [0.29, 0.717) is 17.5 Å². The van der Waals surface area contributed by atoms with Crippen molar-refractivity contribution in [3.8, 4) is 67.8 Å². The molecule has 0 bridgehead atoms. The Morgan fingerprint density at radius 2 is 0.740 bits per heavy atom. The first-order chi connectivity index (χ1) is 24.8. The molecule has 9 rings (SSSR count). The van der Waals surface area contributed by atoms with Crippen LogP contribution in [0.25, 0.3) is 89.4 Å². The van der Waals surface area contributed by atoms with Crippen LogP contribution in [-0.4, -0.2) is 24.9 Å². The molecular weight excluding hydrogens is 611 g/mol. The molecule has 234 valence electrons. The fourth-order valence-electron chi connectivity index (χ4n) is 6.66. The number of pyridine rings is 2. The fraction of sp³-hybridized carbons (Fsp3) is 0. The maximum Gasteiger partial charge on any atom is 0.165 e. The number of nitrogens with zero attached hydrogens (tertiary/aromatic N) is 5. The van der Waals surface area contributed by atoms with Crippen molar-refractivity contribution in [2.45, 2.75) is 0 Å². The molecule has 0 amide bonds. The van der Waals surface area contributed by atoms with Gasteiger partial charge in [0.25, 0.3) is 0 Å². The molecule has 3 aromatic heterocycles. The zero-order chi connectivity index (χ0) is 33.3. The van der Waals surface area contributed by atoms with Gasteiger partial charge in [0.1, 0.15) is 0 Å². The Morgan fingerprint density at radius 3 is 1.26 bits per heavy atom. The Morgan fingerprint density at radius 1 is 0.280 bits per heavy atom. The van der Waals surface area contributed by atoms with E-state index in [2.05, 4.69) is 83.8 Å². The van der Waals surface area contributed by atoms with Gasteiger partial charge in [-0.2, -0.15) is 0 Å². The average Bonchev–Trinajstić information content (AvgIpc) is 3.21. The largest absolute Gasteiger partial charge is 0.255 e. The smallest absolute Gasteiger partial charge is 0.165 e. The second kappa shape index (κ2) is 12.6. The van der Waals surface area contributed by atoms with E-state index >= 15 is 0 Å². The molecule has 0 aliphatic rings. The highest BCUT2D eigenvalue weighted by molar-refractivity contribution is 6.20. The Labute approximate surface area is 289 Å². The van der Waals surface area contributed by atoms with E-state index in [1.54, 1.807) is 6.20 Å². The van der Waals surface area contributed by atoms with E-state index < -0.39 is 0 Å². The summed E-state index contributed by atoms with van der Waals surface area (Å²) >= 11 is 0. The summed E-state index contributed by atoms with van der Waals surface area (Å²) in [4.78, 5) is 24.4. The van der Waals surface area contributed by atoms with Crippen molar-refractivity contribution >= 4 is 21.5 Å². The normalized spacial score (nSPS) is 11.2. The minimum absolute atomic E-state index is 0.643. The molecule has 0 unspecified atom stereocenters. The maximum atomic E-state index is 5.14. The van der Waals surface area contributed by atoms with Crippen LogP contribution in [0.5, 0.6) is 0 Å². The molecule has 0 N–H and O–H groups in total. The molecular formula is C45H29N5. The van der Waals surface area contributed by atoms with Crippen LogP contribution < -0.4 is 0 Å². The van der Waals surface area contributed by atoms with Crippen molar-refractivity contribution in [2.75, 3.05) is 0 Å². The molecule has 0 fully saturated rings. The van der Waals surface area contributed by atoms with Crippen molar-refractivity contribution in [3.63, 3.8) is 0 Å². The first kappa shape index (κ1) is 29.3. The van der Waals surface area contributed by atoms with E-state index in [0.717, 1.165) is 66.3 Å². The second-order valence-electron chi connectivity index (χ2n) is 12.1. The van der Waals surface area contributed by atoms with Crippen molar-refractivity contribution in [3.05, 3.63) is 176 Å². The highest BCUT2D eigenvalue weighted by Gasteiger charge is 2.20. The van der Waals surface area contributed by atoms with Crippen molar-refractivity contribution in [1.29, 1.82) is 0 Å². The minimum atomic E-state index is 0.643. The summed E-state index contributed by atoms with van der Waals surface area (Å²) < 4.78 is 0. The number of aromatic nitrogens is 5. The molecule has 5 nitrogen and oxygen atoms in total. The van der Waals surface area contributed by atoms with Crippen molar-refractivity contribution in [1.82, 2.24) is 24.9 Å². The first-order valence-corrected chi connectivity index (χ1v) is 16.6. The van der Waals surface area contributed by atoms with Gasteiger partial charge in [0.05, 0.1) is 11.4 Å². The molecule has 0 aliphatic carbocycles. The van der Waals surface area contributed by atoms with E-state index in [9.17, 15) is 0 Å². The van der Waals surface area contributed by atoms with Gasteiger partial charge < -0.3 is 0 Å². The van der Waals surface area contributed by atoms with Gasteiger partial charge >= 0.3 is 0 Å². The second-order valence-corrected chi connectivity index (χ2v) is 12.1. The fourth-order valence-corrected chi connectivity index (χ4v) is 6.66. The summed E-state index contributed by atoms with van der Waals surface area (Å²) in [7, 11) is 0. The van der Waals surface area contributed by atoms with Gasteiger partial charge in [-0.25, -0.2) is 15.0 Å². The molecule has 0 saturated carbocycles. The number of benzene rings is 6. The van der Waals surface area contributed by atoms with Crippen LogP contribution in [0.3, 0.4) is 0 Å². The predicted molar refractivity (Wildman–Crippen MR) is 203 cm³/mol. The van der Waals surface area contributed by atoms with Crippen LogP contribution in [0.1, 0.15) is 0 Å². The van der Waals surface area contributed by atoms with Crippen LogP contribution in [0.4, 0.5) is 0 Å². The summed E-state index contributed by atoms with van der Waals surface area (Å²) in [5.74, 6) is 1.93. The maximum absolute atomic E-state index is 5.14. The zero-order valence-electron chi connectivity index (χ0n) is 27.0. The van der Waals surface area contributed by atoms with Gasteiger partial charge in [0.2, 0.25) is 0 Å². The van der Waals surface area contributed by atoms with E-state index in [1.807, 2.05) is 91.1 Å². The summed E-state index contributed by atoms with van der Waals surface area (Å²) in [5, 5.41) is 4.45. The summed E-state index contributed by atoms with van der Waals surface area (Å²) in [6, 6.07) is 56.1. The van der Waals surface area contributed by atoms with Gasteiger partial charge in [-0.1, -0.05) is 146 Å². The molecule has 9 aromatic rings. The molecule has 0 spiro atoms. The van der Waals surface area contributed by atoms with Crippen LogP contribution in [0.2, 0.25) is 0 Å². The zero-order valence-corrected chi connectivity index (χ0v) is 27.0. The molecule has 0 saturated heterocycles. The quantitative estimate of drug-likeness (QED) is 0.169. The number of hydrogen-bond acceptors (Lipinski definition) is 5. The standard InChI is InChI=1S/C45H29N5/c1-3-13-32(14-4-1)43-48-44(33-15-5-2-6-16-33)50-45(49-43)42-37-19-9-7-17-35(37)41(36-18-8-10-20-38(36)42)31-24-22-30(23-25-31)34-26-27-40(47-29-34)39-21-11-12-28-46-39/h1-29H. The Kier molecular flexibility index (Phi) is 7.41. The third-order valence-electron chi connectivity index (χ3n) is 9.05. The van der Waals surface area contributed by atoms with Gasteiger partial charge in [0.15, 0.2) is 17.5 Å². The highest BCUT2D eigenvalue weighted by atomic mass is 15.0. The number of hydrogen-bond donors (Lipinski definition) is 0. The van der Waals surface area contributed by atoms with Crippen LogP contribution >= 0.6 is 0 Å².